The van der Waals surface area contributed by atoms with E-state index in [1.165, 1.54) is 0 Å². The minimum Gasteiger partial charge on any atom is -0.393 e. The zero-order chi connectivity index (χ0) is 27.0. The van der Waals surface area contributed by atoms with Crippen LogP contribution in [0.3, 0.4) is 0 Å². The number of rotatable bonds is 5. The Balaban J connectivity index is 1.71. The Morgan fingerprint density at radius 3 is 2.08 bits per heavy atom. The number of aliphatic hydroxyl groups is 4. The van der Waals surface area contributed by atoms with Crippen LogP contribution in [0.5, 0.6) is 0 Å². The van der Waals surface area contributed by atoms with E-state index in [1.807, 2.05) is 6.92 Å². The molecule has 4 rings (SSSR count). The monoisotopic (exact) mass is 506 g/mol. The Hall–Kier alpha value is -0.160. The summed E-state index contributed by atoms with van der Waals surface area (Å²) in [4.78, 5) is 0. The van der Waals surface area contributed by atoms with Crippen LogP contribution in [-0.4, -0.2) is 44.8 Å². The summed E-state index contributed by atoms with van der Waals surface area (Å²) in [5, 5.41) is 46.1. The van der Waals surface area contributed by atoms with Gasteiger partial charge in [0, 0.05) is 11.3 Å². The second kappa shape index (κ2) is 9.79. The molecule has 4 aliphatic rings. The van der Waals surface area contributed by atoms with Crippen LogP contribution >= 0.6 is 0 Å². The van der Waals surface area contributed by atoms with Gasteiger partial charge in [0.25, 0.3) is 0 Å². The van der Waals surface area contributed by atoms with Gasteiger partial charge in [-0.05, 0) is 110 Å². The van der Waals surface area contributed by atoms with Crippen molar-refractivity contribution in [1.29, 1.82) is 0 Å². The maximum atomic E-state index is 12.2. The fourth-order valence-electron chi connectivity index (χ4n) is 11.3. The lowest BCUT2D eigenvalue weighted by molar-refractivity contribution is -0.280. The molecule has 4 saturated carbocycles. The van der Waals surface area contributed by atoms with Gasteiger partial charge in [0.05, 0.1) is 24.4 Å². The van der Waals surface area contributed by atoms with Gasteiger partial charge in [0.1, 0.15) is 0 Å². The SMILES string of the molecule is CC(C)CCC(O)C1CCC(C)C2C(O)C3C(C)C4(C)C(O)C(C(C)O)C(C)CC4(C)CC3(C)CC12. The van der Waals surface area contributed by atoms with Gasteiger partial charge >= 0.3 is 0 Å². The molecular weight excluding hydrogens is 448 g/mol. The molecule has 15 unspecified atom stereocenters. The molecule has 210 valence electrons. The molecule has 0 aromatic rings. The summed E-state index contributed by atoms with van der Waals surface area (Å²) in [6.45, 7) is 20.2. The van der Waals surface area contributed by atoms with Crippen LogP contribution in [0.4, 0.5) is 0 Å². The highest BCUT2D eigenvalue weighted by Crippen LogP contribution is 2.73. The van der Waals surface area contributed by atoms with E-state index in [1.54, 1.807) is 0 Å². The molecule has 4 aliphatic carbocycles. The molecular formula is C32H58O4. The van der Waals surface area contributed by atoms with Crippen molar-refractivity contribution < 1.29 is 20.4 Å². The molecule has 4 nitrogen and oxygen atoms in total. The zero-order valence-electron chi connectivity index (χ0n) is 24.7. The van der Waals surface area contributed by atoms with Crippen molar-refractivity contribution in [3.05, 3.63) is 0 Å². The largest absolute Gasteiger partial charge is 0.393 e. The smallest absolute Gasteiger partial charge is 0.0656 e. The summed E-state index contributed by atoms with van der Waals surface area (Å²) in [5.74, 6) is 2.33. The first kappa shape index (κ1) is 28.8. The van der Waals surface area contributed by atoms with E-state index in [9.17, 15) is 20.4 Å². The molecule has 0 radical (unpaired) electrons. The highest BCUT2D eigenvalue weighted by Gasteiger charge is 2.70. The van der Waals surface area contributed by atoms with Gasteiger partial charge in [0.15, 0.2) is 0 Å². The summed E-state index contributed by atoms with van der Waals surface area (Å²) in [6, 6.07) is 0. The Bertz CT molecular complexity index is 782. The third kappa shape index (κ3) is 4.23. The van der Waals surface area contributed by atoms with E-state index in [0.29, 0.717) is 17.8 Å². The Kier molecular flexibility index (Phi) is 7.84. The number of fused-ring (bicyclic) bond motifs is 3. The minimum atomic E-state index is -0.579. The molecule has 36 heavy (non-hydrogen) atoms. The van der Waals surface area contributed by atoms with Crippen molar-refractivity contribution in [1.82, 2.24) is 0 Å². The van der Waals surface area contributed by atoms with Crippen molar-refractivity contribution in [2.24, 2.45) is 69.5 Å². The van der Waals surface area contributed by atoms with E-state index in [2.05, 4.69) is 55.4 Å². The van der Waals surface area contributed by atoms with Crippen molar-refractivity contribution in [2.45, 2.75) is 132 Å². The fraction of sp³-hybridized carbons (Fsp3) is 1.00. The highest BCUT2D eigenvalue weighted by atomic mass is 16.3. The minimum absolute atomic E-state index is 0.0154. The summed E-state index contributed by atoms with van der Waals surface area (Å²) < 4.78 is 0. The topological polar surface area (TPSA) is 80.9 Å². The molecule has 0 bridgehead atoms. The van der Waals surface area contributed by atoms with Gasteiger partial charge in [0.2, 0.25) is 0 Å². The Labute approximate surface area is 221 Å². The predicted molar refractivity (Wildman–Crippen MR) is 146 cm³/mol. The fourth-order valence-corrected chi connectivity index (χ4v) is 11.3. The van der Waals surface area contributed by atoms with Gasteiger partial charge in [-0.25, -0.2) is 0 Å². The van der Waals surface area contributed by atoms with Gasteiger partial charge < -0.3 is 20.4 Å². The number of aliphatic hydroxyl groups excluding tert-OH is 4. The van der Waals surface area contributed by atoms with Gasteiger partial charge in [-0.2, -0.15) is 0 Å². The lowest BCUT2D eigenvalue weighted by Gasteiger charge is -2.72. The van der Waals surface area contributed by atoms with Crippen LogP contribution in [0.2, 0.25) is 0 Å². The molecule has 0 aromatic carbocycles. The predicted octanol–water partition coefficient (Wildman–Crippen LogP) is 5.90. The maximum Gasteiger partial charge on any atom is 0.0656 e. The molecule has 4 heteroatoms. The Morgan fingerprint density at radius 1 is 0.861 bits per heavy atom. The van der Waals surface area contributed by atoms with Gasteiger partial charge in [-0.3, -0.25) is 0 Å². The van der Waals surface area contributed by atoms with Crippen LogP contribution in [0.25, 0.3) is 0 Å². The van der Waals surface area contributed by atoms with E-state index < -0.39 is 18.3 Å². The van der Waals surface area contributed by atoms with Crippen LogP contribution in [0.1, 0.15) is 107 Å². The molecule has 0 aromatic heterocycles. The second-order valence-electron chi connectivity index (χ2n) is 15.6. The van der Waals surface area contributed by atoms with Crippen molar-refractivity contribution >= 4 is 0 Å². The van der Waals surface area contributed by atoms with Gasteiger partial charge in [-0.15, -0.1) is 0 Å². The molecule has 15 atom stereocenters. The highest BCUT2D eigenvalue weighted by molar-refractivity contribution is 5.18. The maximum absolute atomic E-state index is 12.2. The van der Waals surface area contributed by atoms with Crippen molar-refractivity contribution in [3.63, 3.8) is 0 Å². The van der Waals surface area contributed by atoms with Crippen molar-refractivity contribution in [2.75, 3.05) is 0 Å². The zero-order valence-corrected chi connectivity index (χ0v) is 24.7. The quantitative estimate of drug-likeness (QED) is 0.374. The average molecular weight is 507 g/mol. The first-order chi connectivity index (χ1) is 16.6. The number of hydrogen-bond donors (Lipinski definition) is 4. The third-order valence-corrected chi connectivity index (χ3v) is 13.0. The molecule has 4 fully saturated rings. The standard InChI is InChI=1S/C32H58O4/c1-17(2)10-13-24(34)22-12-11-18(3)26-23(22)15-30(7)16-31(8)14-19(4)25(21(6)33)29(36)32(31,9)20(5)27(30)28(26)35/h17-29,33-36H,10-16H2,1-9H3. The lowest BCUT2D eigenvalue weighted by atomic mass is 9.34. The normalized spacial score (nSPS) is 54.8. The second-order valence-corrected chi connectivity index (χ2v) is 15.6. The van der Waals surface area contributed by atoms with Crippen molar-refractivity contribution in [3.8, 4) is 0 Å². The third-order valence-electron chi connectivity index (χ3n) is 13.0. The Morgan fingerprint density at radius 2 is 1.50 bits per heavy atom. The lowest BCUT2D eigenvalue weighted by Crippen LogP contribution is -2.70. The van der Waals surface area contributed by atoms with E-state index in [0.717, 1.165) is 44.9 Å². The average Bonchev–Trinajstić information content (AvgIpc) is 2.74. The molecule has 0 spiro atoms. The first-order valence-corrected chi connectivity index (χ1v) is 15.3. The molecule has 0 heterocycles. The van der Waals surface area contributed by atoms with Gasteiger partial charge in [-0.1, -0.05) is 55.4 Å². The van der Waals surface area contributed by atoms with E-state index in [4.69, 9.17) is 0 Å². The molecule has 4 N–H and O–H groups in total. The van der Waals surface area contributed by atoms with Crippen LogP contribution in [-0.2, 0) is 0 Å². The summed E-state index contributed by atoms with van der Waals surface area (Å²) in [5.41, 5.74) is -0.424. The van der Waals surface area contributed by atoms with Crippen LogP contribution < -0.4 is 0 Å². The summed E-state index contributed by atoms with van der Waals surface area (Å²) in [6.07, 6.45) is 5.37. The molecule has 0 saturated heterocycles. The molecule has 0 aliphatic heterocycles. The van der Waals surface area contributed by atoms with Crippen LogP contribution in [0.15, 0.2) is 0 Å². The van der Waals surface area contributed by atoms with E-state index in [-0.39, 0.29) is 57.9 Å². The first-order valence-electron chi connectivity index (χ1n) is 15.3. The van der Waals surface area contributed by atoms with E-state index >= 15 is 0 Å². The number of hydrogen-bond acceptors (Lipinski definition) is 4. The summed E-state index contributed by atoms with van der Waals surface area (Å²) in [7, 11) is 0. The summed E-state index contributed by atoms with van der Waals surface area (Å²) >= 11 is 0. The molecule has 0 amide bonds. The van der Waals surface area contributed by atoms with Crippen LogP contribution in [0, 0.1) is 69.5 Å².